The maximum absolute atomic E-state index is 14.1. The highest BCUT2D eigenvalue weighted by Crippen LogP contribution is 2.43. The quantitative estimate of drug-likeness (QED) is 0.413. The van der Waals surface area contributed by atoms with Crippen LogP contribution < -0.4 is 16.0 Å². The van der Waals surface area contributed by atoms with Gasteiger partial charge in [0.15, 0.2) is 12.0 Å². The van der Waals surface area contributed by atoms with Crippen molar-refractivity contribution in [2.24, 2.45) is 5.18 Å². The molecule has 5 rings (SSSR count). The molecule has 3 aromatic rings. The Morgan fingerprint density at radius 2 is 1.66 bits per heavy atom. The summed E-state index contributed by atoms with van der Waals surface area (Å²) in [6.07, 6.45) is -2.53. The normalized spacial score (nSPS) is 23.8. The summed E-state index contributed by atoms with van der Waals surface area (Å²) < 4.78 is 31.7. The number of fused-ring (bicyclic) bond motifs is 1. The van der Waals surface area contributed by atoms with Crippen LogP contribution in [0.5, 0.6) is 5.75 Å². The van der Waals surface area contributed by atoms with Crippen molar-refractivity contribution in [3.8, 4) is 17.0 Å². The second-order valence-electron chi connectivity index (χ2n) is 9.68. The van der Waals surface area contributed by atoms with E-state index in [1.54, 1.807) is 64.5 Å². The molecule has 2 unspecified atom stereocenters. The Hall–Kier alpha value is -3.64. The molecule has 38 heavy (non-hydrogen) atoms. The van der Waals surface area contributed by atoms with E-state index >= 15 is 0 Å². The lowest BCUT2D eigenvalue weighted by atomic mass is 10.1. The molecule has 3 heterocycles. The number of aromatic nitrogens is 2. The van der Waals surface area contributed by atoms with Gasteiger partial charge in [0, 0.05) is 13.2 Å². The molecule has 0 saturated carbocycles. The second kappa shape index (κ2) is 10.3. The van der Waals surface area contributed by atoms with Gasteiger partial charge in [-0.15, -0.1) is 4.91 Å². The van der Waals surface area contributed by atoms with Crippen molar-refractivity contribution in [1.82, 2.24) is 9.13 Å². The number of methoxy groups -OCH3 is 2. The first kappa shape index (κ1) is 26.0. The predicted octanol–water partition coefficient (Wildman–Crippen LogP) is 3.20. The number of nitrogens with zero attached hydrogens (tertiary/aromatic N) is 3. The topological polar surface area (TPSA) is 120 Å². The lowest BCUT2D eigenvalue weighted by Crippen LogP contribution is -2.44. The zero-order valence-corrected chi connectivity index (χ0v) is 21.5. The Kier molecular flexibility index (Phi) is 7.01. The van der Waals surface area contributed by atoms with Crippen molar-refractivity contribution in [1.29, 1.82) is 0 Å². The molecular weight excluding hydrogens is 494 g/mol. The molecule has 4 atom stereocenters. The summed E-state index contributed by atoms with van der Waals surface area (Å²) in [5.74, 6) is -0.236. The van der Waals surface area contributed by atoms with Gasteiger partial charge in [0.2, 0.25) is 0 Å². The van der Waals surface area contributed by atoms with Gasteiger partial charge in [0.25, 0.3) is 5.56 Å². The van der Waals surface area contributed by atoms with Gasteiger partial charge in [-0.3, -0.25) is 13.9 Å². The highest BCUT2D eigenvalue weighted by atomic mass is 16.8. The van der Waals surface area contributed by atoms with Gasteiger partial charge in [-0.2, -0.15) is 0 Å². The van der Waals surface area contributed by atoms with Crippen molar-refractivity contribution in [2.45, 2.75) is 50.7 Å². The first-order valence-corrected chi connectivity index (χ1v) is 12.2. The minimum Gasteiger partial charge on any atom is -0.497 e. The molecule has 1 aromatic heterocycles. The van der Waals surface area contributed by atoms with Crippen LogP contribution in [0.15, 0.2) is 69.4 Å². The summed E-state index contributed by atoms with van der Waals surface area (Å²) in [6, 6.07) is 14.8. The maximum atomic E-state index is 14.1. The summed E-state index contributed by atoms with van der Waals surface area (Å²) >= 11 is 0. The number of hydrogen-bond acceptors (Lipinski definition) is 9. The van der Waals surface area contributed by atoms with Gasteiger partial charge in [-0.25, -0.2) is 4.79 Å². The first-order valence-electron chi connectivity index (χ1n) is 12.2. The van der Waals surface area contributed by atoms with Crippen molar-refractivity contribution < 1.29 is 23.7 Å². The average Bonchev–Trinajstić information content (AvgIpc) is 3.40. The van der Waals surface area contributed by atoms with Crippen molar-refractivity contribution in [2.75, 3.05) is 20.8 Å². The summed E-state index contributed by atoms with van der Waals surface area (Å²) in [7, 11) is 3.12. The van der Waals surface area contributed by atoms with Crippen LogP contribution in [0.25, 0.3) is 11.3 Å². The molecule has 11 heteroatoms. The predicted molar refractivity (Wildman–Crippen MR) is 138 cm³/mol. The smallest absolute Gasteiger partial charge is 0.334 e. The van der Waals surface area contributed by atoms with E-state index in [2.05, 4.69) is 5.18 Å². The van der Waals surface area contributed by atoms with Gasteiger partial charge in [0.1, 0.15) is 29.7 Å². The van der Waals surface area contributed by atoms with Gasteiger partial charge in [-0.05, 0) is 54.4 Å². The van der Waals surface area contributed by atoms with Crippen LogP contribution >= 0.6 is 0 Å². The number of hydrogen-bond donors (Lipinski definition) is 0. The van der Waals surface area contributed by atoms with Crippen molar-refractivity contribution in [3.05, 3.63) is 85.9 Å². The number of ether oxygens (including phenoxy) is 5. The SMILES string of the molecule is COC[C@H]1O[C@@H](n2c(-c3ccc(N=O)cc3)cc(=O)n(Cc3ccc(OC)cc3)c2=O)C2OC(C)(C)OC21. The second-order valence-corrected chi connectivity index (χ2v) is 9.68. The molecule has 11 nitrogen and oxygen atoms in total. The Bertz CT molecular complexity index is 1430. The molecule has 0 aliphatic carbocycles. The molecule has 0 N–H and O–H groups in total. The van der Waals surface area contributed by atoms with Gasteiger partial charge in [0.05, 0.1) is 26.0 Å². The van der Waals surface area contributed by atoms with Crippen LogP contribution in [0, 0.1) is 4.91 Å². The summed E-state index contributed by atoms with van der Waals surface area (Å²) in [4.78, 5) is 38.3. The van der Waals surface area contributed by atoms with Crippen LogP contribution in [-0.4, -0.2) is 54.1 Å². The lowest BCUT2D eigenvalue weighted by molar-refractivity contribution is -0.201. The van der Waals surface area contributed by atoms with Gasteiger partial charge in [-0.1, -0.05) is 24.3 Å². The van der Waals surface area contributed by atoms with Crippen LogP contribution in [0.1, 0.15) is 25.6 Å². The molecule has 0 spiro atoms. The third-order valence-electron chi connectivity index (χ3n) is 6.70. The average molecular weight is 524 g/mol. The fourth-order valence-electron chi connectivity index (χ4n) is 4.98. The fraction of sp³-hybridized carbons (Fsp3) is 0.407. The molecule has 2 aromatic carbocycles. The number of benzene rings is 2. The zero-order valence-electron chi connectivity index (χ0n) is 21.5. The molecule has 2 saturated heterocycles. The largest absolute Gasteiger partial charge is 0.497 e. The Morgan fingerprint density at radius 3 is 2.29 bits per heavy atom. The lowest BCUT2D eigenvalue weighted by Gasteiger charge is -2.27. The fourth-order valence-corrected chi connectivity index (χ4v) is 4.98. The molecule has 2 aliphatic heterocycles. The van der Waals surface area contributed by atoms with Crippen LogP contribution in [-0.2, 0) is 25.5 Å². The van der Waals surface area contributed by atoms with Crippen molar-refractivity contribution >= 4 is 5.69 Å². The molecule has 0 radical (unpaired) electrons. The summed E-state index contributed by atoms with van der Waals surface area (Å²) in [5.41, 5.74) is 0.768. The van der Waals surface area contributed by atoms with Gasteiger partial charge < -0.3 is 23.7 Å². The van der Waals surface area contributed by atoms with E-state index in [0.29, 0.717) is 17.0 Å². The third-order valence-corrected chi connectivity index (χ3v) is 6.70. The zero-order chi connectivity index (χ0) is 27.0. The number of rotatable bonds is 8. The highest BCUT2D eigenvalue weighted by Gasteiger charge is 2.56. The highest BCUT2D eigenvalue weighted by molar-refractivity contribution is 5.62. The molecule has 0 amide bonds. The van der Waals surface area contributed by atoms with E-state index in [1.165, 1.54) is 22.8 Å². The number of nitroso groups, excluding NO2 is 1. The minimum absolute atomic E-state index is 0.0428. The van der Waals surface area contributed by atoms with Crippen LogP contribution in [0.2, 0.25) is 0 Å². The van der Waals surface area contributed by atoms with E-state index in [0.717, 1.165) is 10.1 Å². The maximum Gasteiger partial charge on any atom is 0.334 e. The molecule has 2 fully saturated rings. The minimum atomic E-state index is -0.906. The molecule has 0 bridgehead atoms. The Morgan fingerprint density at radius 1 is 0.974 bits per heavy atom. The van der Waals surface area contributed by atoms with E-state index in [-0.39, 0.29) is 18.8 Å². The van der Waals surface area contributed by atoms with Crippen molar-refractivity contribution in [3.63, 3.8) is 0 Å². The standard InChI is InChI=1S/C27H29N3O8/c1-27(2)37-23-21(15-34-3)36-25(24(23)38-27)30-20(17-7-9-18(28-33)10-8-17)13-22(31)29(26(30)32)14-16-5-11-19(35-4)12-6-16/h5-13,21,23-25H,14-15H2,1-4H3/t21-,23?,24?,25-/m1/s1. The van der Waals surface area contributed by atoms with E-state index in [4.69, 9.17) is 23.7 Å². The van der Waals surface area contributed by atoms with E-state index in [1.807, 2.05) is 0 Å². The van der Waals surface area contributed by atoms with E-state index in [9.17, 15) is 14.5 Å². The molecule has 2 aliphatic rings. The monoisotopic (exact) mass is 523 g/mol. The Labute approximate surface area is 218 Å². The van der Waals surface area contributed by atoms with Crippen LogP contribution in [0.4, 0.5) is 5.69 Å². The van der Waals surface area contributed by atoms with E-state index < -0.39 is 41.6 Å². The summed E-state index contributed by atoms with van der Waals surface area (Å²) in [6.45, 7) is 3.87. The third kappa shape index (κ3) is 4.81. The molecule has 200 valence electrons. The Balaban J connectivity index is 1.65. The van der Waals surface area contributed by atoms with Gasteiger partial charge >= 0.3 is 5.69 Å². The first-order chi connectivity index (χ1) is 18.2. The van der Waals surface area contributed by atoms with Crippen LogP contribution in [0.3, 0.4) is 0 Å². The molecular formula is C27H29N3O8. The summed E-state index contributed by atoms with van der Waals surface area (Å²) in [5, 5.41) is 2.94.